The second-order valence-corrected chi connectivity index (χ2v) is 15.4. The van der Waals surface area contributed by atoms with Crippen LogP contribution in [0.2, 0.25) is 0 Å². The Labute approximate surface area is 314 Å². The summed E-state index contributed by atoms with van der Waals surface area (Å²) in [6.07, 6.45) is 8.47. The lowest BCUT2D eigenvalue weighted by atomic mass is 10.0. The largest absolute Gasteiger partial charge is 0.495 e. The molecule has 5 rings (SSSR count). The maximum absolute atomic E-state index is 13.4. The fraction of sp³-hybridized carbons (Fsp3) is 0.650. The van der Waals surface area contributed by atoms with Gasteiger partial charge in [0.05, 0.1) is 24.5 Å². The number of nitrogens with zero attached hydrogens (tertiary/aromatic N) is 4. The van der Waals surface area contributed by atoms with E-state index in [2.05, 4.69) is 45.7 Å². The standard InChI is InChI=1S/C40H61N7O6/c1-7-26-23-33-37(47(29-12-9-10-13-29)32(8-2)39(50)45(33)5)44-36(26)43-30-16-15-27(24-34(30)53-6)38(49)41-28-17-20-46(21-18-28)19-11-14-35(48)42-31(40(51)52)22-25(3)4/h15-16,23-25,28-29,31-32,39,50H,7-14,17-22H2,1-6H3,(H,41,49)(H,42,48)(H,43,44)(H,51,52). The number of amides is 2. The molecule has 0 spiro atoms. The molecule has 0 radical (unpaired) electrons. The minimum absolute atomic E-state index is 0.0384. The van der Waals surface area contributed by atoms with Crippen molar-refractivity contribution in [2.75, 3.05) is 48.9 Å². The number of fused-ring (bicyclic) bond motifs is 1. The zero-order valence-electron chi connectivity index (χ0n) is 32.5. The highest BCUT2D eigenvalue weighted by molar-refractivity contribution is 5.95. The summed E-state index contributed by atoms with van der Waals surface area (Å²) < 4.78 is 5.78. The summed E-state index contributed by atoms with van der Waals surface area (Å²) in [5.74, 6) is 0.980. The van der Waals surface area contributed by atoms with Crippen LogP contribution in [0, 0.1) is 5.92 Å². The van der Waals surface area contributed by atoms with Crippen molar-refractivity contribution in [3.05, 3.63) is 35.4 Å². The fourth-order valence-electron chi connectivity index (χ4n) is 8.15. The lowest BCUT2D eigenvalue weighted by Gasteiger charge is -2.48. The highest BCUT2D eigenvalue weighted by atomic mass is 16.5. The van der Waals surface area contributed by atoms with Crippen molar-refractivity contribution in [1.29, 1.82) is 0 Å². The number of aliphatic hydroxyl groups excluding tert-OH is 1. The quantitative estimate of drug-likeness (QED) is 0.153. The Morgan fingerprint density at radius 2 is 1.77 bits per heavy atom. The molecule has 5 N–H and O–H groups in total. The Bertz CT molecular complexity index is 1570. The summed E-state index contributed by atoms with van der Waals surface area (Å²) in [6, 6.07) is 7.07. The van der Waals surface area contributed by atoms with Gasteiger partial charge in [-0.15, -0.1) is 0 Å². The number of pyridine rings is 1. The first-order valence-corrected chi connectivity index (χ1v) is 19.7. The van der Waals surface area contributed by atoms with Crippen LogP contribution in [0.1, 0.15) is 108 Å². The van der Waals surface area contributed by atoms with Gasteiger partial charge in [0.1, 0.15) is 23.8 Å². The number of likely N-dealkylation sites (N-methyl/N-ethyl adjacent to an activating group) is 1. The van der Waals surface area contributed by atoms with Gasteiger partial charge in [-0.1, -0.05) is 40.5 Å². The zero-order chi connectivity index (χ0) is 38.2. The molecule has 3 aliphatic rings. The van der Waals surface area contributed by atoms with Gasteiger partial charge < -0.3 is 45.6 Å². The summed E-state index contributed by atoms with van der Waals surface area (Å²) in [5, 5.41) is 30.1. The molecule has 1 saturated carbocycles. The third-order valence-corrected chi connectivity index (χ3v) is 11.2. The Morgan fingerprint density at radius 1 is 1.06 bits per heavy atom. The van der Waals surface area contributed by atoms with Gasteiger partial charge in [-0.25, -0.2) is 9.78 Å². The first-order valence-electron chi connectivity index (χ1n) is 19.7. The van der Waals surface area contributed by atoms with Gasteiger partial charge in [0.25, 0.3) is 5.91 Å². The Kier molecular flexibility index (Phi) is 13.8. The second-order valence-electron chi connectivity index (χ2n) is 15.4. The smallest absolute Gasteiger partial charge is 0.326 e. The van der Waals surface area contributed by atoms with E-state index < -0.39 is 18.2 Å². The third kappa shape index (κ3) is 9.72. The number of aliphatic hydroxyl groups is 1. The monoisotopic (exact) mass is 735 g/mol. The van der Waals surface area contributed by atoms with Crippen LogP contribution in [0.3, 0.4) is 0 Å². The van der Waals surface area contributed by atoms with Crippen molar-refractivity contribution in [3.63, 3.8) is 0 Å². The number of piperidine rings is 1. The first kappa shape index (κ1) is 40.1. The Hall–Kier alpha value is -4.10. The molecule has 13 nitrogen and oxygen atoms in total. The average molecular weight is 736 g/mol. The van der Waals surface area contributed by atoms with Crippen molar-refractivity contribution in [1.82, 2.24) is 20.5 Å². The zero-order valence-corrected chi connectivity index (χ0v) is 32.5. The Morgan fingerprint density at radius 3 is 2.40 bits per heavy atom. The van der Waals surface area contributed by atoms with Gasteiger partial charge in [-0.3, -0.25) is 9.59 Å². The van der Waals surface area contributed by atoms with Crippen LogP contribution in [0.5, 0.6) is 5.75 Å². The highest BCUT2D eigenvalue weighted by Gasteiger charge is 2.41. The van der Waals surface area contributed by atoms with E-state index in [-0.39, 0.29) is 36.2 Å². The number of carboxylic acid groups (broad SMARTS) is 1. The highest BCUT2D eigenvalue weighted by Crippen LogP contribution is 2.43. The topological polar surface area (TPSA) is 160 Å². The van der Waals surface area contributed by atoms with Gasteiger partial charge in [0, 0.05) is 44.2 Å². The lowest BCUT2D eigenvalue weighted by molar-refractivity contribution is -0.142. The molecule has 1 saturated heterocycles. The maximum Gasteiger partial charge on any atom is 0.326 e. The molecular formula is C40H61N7O6. The van der Waals surface area contributed by atoms with Crippen LogP contribution in [0.15, 0.2) is 24.3 Å². The van der Waals surface area contributed by atoms with Crippen molar-refractivity contribution in [3.8, 4) is 5.75 Å². The van der Waals surface area contributed by atoms with Crippen LogP contribution in [0.4, 0.5) is 23.0 Å². The van der Waals surface area contributed by atoms with Crippen LogP contribution in [0.25, 0.3) is 0 Å². The first-order chi connectivity index (χ1) is 25.4. The summed E-state index contributed by atoms with van der Waals surface area (Å²) in [5.41, 5.74) is 3.20. The summed E-state index contributed by atoms with van der Waals surface area (Å²) in [6.45, 7) is 10.5. The molecule has 3 heterocycles. The Balaban J connectivity index is 1.18. The summed E-state index contributed by atoms with van der Waals surface area (Å²) in [4.78, 5) is 49.1. The molecule has 2 aliphatic heterocycles. The number of hydrogen-bond donors (Lipinski definition) is 5. The molecule has 1 aromatic carbocycles. The van der Waals surface area contributed by atoms with Crippen LogP contribution in [-0.4, -0.2) is 102 Å². The number of ether oxygens (including phenoxy) is 1. The van der Waals surface area contributed by atoms with E-state index in [1.807, 2.05) is 37.9 Å². The van der Waals surface area contributed by atoms with Crippen LogP contribution < -0.4 is 30.5 Å². The number of carbonyl (C=O) groups excluding carboxylic acids is 2. The molecular weight excluding hydrogens is 674 g/mol. The van der Waals surface area contributed by atoms with Crippen molar-refractivity contribution < 1.29 is 29.3 Å². The molecule has 0 bridgehead atoms. The number of rotatable bonds is 16. The number of nitrogens with one attached hydrogen (secondary N) is 3. The SMILES string of the molecule is CCc1cc2c(nc1Nc1ccc(C(=O)NC3CCN(CCCC(=O)NC(CC(C)C)C(=O)O)CC3)cc1OC)N(C1CCCC1)C(CC)C(O)N2C. The molecule has 3 atom stereocenters. The number of aryl methyl sites for hydroxylation is 1. The summed E-state index contributed by atoms with van der Waals surface area (Å²) >= 11 is 0. The second kappa shape index (κ2) is 18.3. The molecule has 2 aromatic rings. The van der Waals surface area contributed by atoms with E-state index >= 15 is 0 Å². The van der Waals surface area contributed by atoms with Crippen LogP contribution in [-0.2, 0) is 16.0 Å². The predicted octanol–water partition coefficient (Wildman–Crippen LogP) is 5.28. The van der Waals surface area contributed by atoms with Gasteiger partial charge >= 0.3 is 5.97 Å². The number of carbonyl (C=O) groups is 3. The molecule has 292 valence electrons. The van der Waals surface area contributed by atoms with E-state index in [9.17, 15) is 24.6 Å². The number of aliphatic carboxylic acids is 1. The predicted molar refractivity (Wildman–Crippen MR) is 208 cm³/mol. The number of methoxy groups -OCH3 is 1. The maximum atomic E-state index is 13.4. The molecule has 3 unspecified atom stereocenters. The van der Waals surface area contributed by atoms with E-state index in [1.165, 1.54) is 12.8 Å². The molecule has 2 fully saturated rings. The number of aromatic nitrogens is 1. The number of anilines is 4. The van der Waals surface area contributed by atoms with Crippen LogP contribution >= 0.6 is 0 Å². The lowest BCUT2D eigenvalue weighted by Crippen LogP contribution is -2.58. The summed E-state index contributed by atoms with van der Waals surface area (Å²) in [7, 11) is 3.55. The molecule has 13 heteroatoms. The van der Waals surface area contributed by atoms with Gasteiger partial charge in [-0.05, 0) is 93.7 Å². The van der Waals surface area contributed by atoms with Gasteiger partial charge in [0.2, 0.25) is 5.91 Å². The van der Waals surface area contributed by atoms with Crippen molar-refractivity contribution >= 4 is 40.8 Å². The number of likely N-dealkylation sites (tertiary alicyclic amines) is 1. The normalized spacial score (nSPS) is 20.3. The van der Waals surface area contributed by atoms with Crippen molar-refractivity contribution in [2.24, 2.45) is 5.92 Å². The third-order valence-electron chi connectivity index (χ3n) is 11.2. The number of carboxylic acids is 1. The fourth-order valence-corrected chi connectivity index (χ4v) is 8.15. The van der Waals surface area contributed by atoms with E-state index in [4.69, 9.17) is 9.72 Å². The molecule has 1 aliphatic carbocycles. The number of benzene rings is 1. The number of hydrogen-bond acceptors (Lipinski definition) is 10. The minimum atomic E-state index is -0.998. The average Bonchev–Trinajstić information content (AvgIpc) is 3.68. The van der Waals surface area contributed by atoms with E-state index in [0.29, 0.717) is 30.2 Å². The van der Waals surface area contributed by atoms with E-state index in [1.54, 1.807) is 13.2 Å². The van der Waals surface area contributed by atoms with Gasteiger partial charge in [0.15, 0.2) is 5.82 Å². The van der Waals surface area contributed by atoms with Gasteiger partial charge in [-0.2, -0.15) is 0 Å². The molecule has 53 heavy (non-hydrogen) atoms. The van der Waals surface area contributed by atoms with Crippen molar-refractivity contribution in [2.45, 2.75) is 129 Å². The minimum Gasteiger partial charge on any atom is -0.495 e. The molecule has 1 aromatic heterocycles. The van der Waals surface area contributed by atoms with E-state index in [0.717, 1.165) is 86.7 Å². The molecule has 2 amide bonds.